The van der Waals surface area contributed by atoms with E-state index in [4.69, 9.17) is 14.2 Å². The minimum absolute atomic E-state index is 0. The third-order valence-corrected chi connectivity index (χ3v) is 4.50. The molecular formula is C18H27ClN2O4. The number of morpholine rings is 2. The second kappa shape index (κ2) is 9.97. The van der Waals surface area contributed by atoms with Gasteiger partial charge in [-0.3, -0.25) is 4.90 Å². The summed E-state index contributed by atoms with van der Waals surface area (Å²) < 4.78 is 16.5. The molecule has 6 nitrogen and oxygen atoms in total. The van der Waals surface area contributed by atoms with Crippen LogP contribution in [-0.4, -0.2) is 75.0 Å². The first kappa shape index (κ1) is 20.0. The minimum atomic E-state index is -0.235. The molecule has 25 heavy (non-hydrogen) atoms. The molecule has 1 unspecified atom stereocenters. The summed E-state index contributed by atoms with van der Waals surface area (Å²) in [4.78, 5) is 16.0. The number of ether oxygens (including phenoxy) is 3. The molecule has 2 aliphatic rings. The summed E-state index contributed by atoms with van der Waals surface area (Å²) in [7, 11) is 0. The van der Waals surface area contributed by atoms with Gasteiger partial charge in [-0.25, -0.2) is 4.79 Å². The lowest BCUT2D eigenvalue weighted by Crippen LogP contribution is -2.43. The number of halogens is 1. The largest absolute Gasteiger partial charge is 0.448 e. The van der Waals surface area contributed by atoms with E-state index < -0.39 is 0 Å². The predicted octanol–water partition coefficient (Wildman–Crippen LogP) is 2.26. The number of amides is 1. The summed E-state index contributed by atoms with van der Waals surface area (Å²) in [6, 6.07) is 8.48. The third kappa shape index (κ3) is 5.85. The van der Waals surface area contributed by atoms with E-state index in [0.29, 0.717) is 39.5 Å². The van der Waals surface area contributed by atoms with Crippen molar-refractivity contribution in [3.8, 4) is 0 Å². The number of hydrogen-bond donors (Lipinski definition) is 0. The maximum absolute atomic E-state index is 12.0. The summed E-state index contributed by atoms with van der Waals surface area (Å²) >= 11 is 0. The molecule has 2 saturated heterocycles. The first-order valence-corrected chi connectivity index (χ1v) is 8.62. The van der Waals surface area contributed by atoms with E-state index in [1.54, 1.807) is 4.90 Å². The fraction of sp³-hybridized carbons (Fsp3) is 0.611. The molecule has 3 rings (SSSR count). The highest BCUT2D eigenvalue weighted by molar-refractivity contribution is 5.85. The Balaban J connectivity index is 0.00000225. The Hall–Kier alpha value is -1.34. The molecule has 0 aliphatic carbocycles. The number of rotatable bonds is 4. The average Bonchev–Trinajstić information content (AvgIpc) is 2.63. The molecule has 2 fully saturated rings. The van der Waals surface area contributed by atoms with E-state index in [1.807, 2.05) is 0 Å². The van der Waals surface area contributed by atoms with Crippen LogP contribution in [0.1, 0.15) is 17.2 Å². The number of hydrogen-bond acceptors (Lipinski definition) is 5. The zero-order valence-electron chi connectivity index (χ0n) is 14.7. The van der Waals surface area contributed by atoms with E-state index in [9.17, 15) is 4.79 Å². The van der Waals surface area contributed by atoms with Crippen molar-refractivity contribution in [3.05, 3.63) is 35.4 Å². The van der Waals surface area contributed by atoms with Gasteiger partial charge in [0.25, 0.3) is 0 Å². The third-order valence-electron chi connectivity index (χ3n) is 4.50. The highest BCUT2D eigenvalue weighted by Crippen LogP contribution is 2.22. The summed E-state index contributed by atoms with van der Waals surface area (Å²) in [5.74, 6) is 0. The van der Waals surface area contributed by atoms with Crippen LogP contribution in [0.4, 0.5) is 4.79 Å². The standard InChI is InChI=1S/C18H26N2O4.ClH/c1-15-2-4-16(5-3-15)17-14-19(6-12-23-17)7-13-24-18(21)20-8-10-22-11-9-20;/h2-5,17H,6-14H2,1H3;1H. The molecule has 0 saturated carbocycles. The van der Waals surface area contributed by atoms with Gasteiger partial charge in [0.15, 0.2) is 0 Å². The summed E-state index contributed by atoms with van der Waals surface area (Å²) in [6.45, 7) is 8.07. The number of aryl methyl sites for hydroxylation is 1. The second-order valence-electron chi connectivity index (χ2n) is 6.28. The van der Waals surface area contributed by atoms with Gasteiger partial charge in [0, 0.05) is 32.7 Å². The first-order chi connectivity index (χ1) is 11.7. The molecule has 7 heteroatoms. The SMILES string of the molecule is Cc1ccc(C2CN(CCOC(=O)N3CCOCC3)CCO2)cc1.Cl. The zero-order chi connectivity index (χ0) is 16.8. The Morgan fingerprint density at radius 1 is 1.16 bits per heavy atom. The smallest absolute Gasteiger partial charge is 0.409 e. The summed E-state index contributed by atoms with van der Waals surface area (Å²) in [6.07, 6.45) is -0.143. The highest BCUT2D eigenvalue weighted by Gasteiger charge is 2.23. The molecule has 140 valence electrons. The van der Waals surface area contributed by atoms with Crippen LogP contribution >= 0.6 is 12.4 Å². The molecule has 0 radical (unpaired) electrons. The van der Waals surface area contributed by atoms with Gasteiger partial charge in [0.05, 0.1) is 25.9 Å². The Morgan fingerprint density at radius 2 is 1.88 bits per heavy atom. The van der Waals surface area contributed by atoms with Crippen molar-refractivity contribution in [2.45, 2.75) is 13.0 Å². The van der Waals surface area contributed by atoms with Gasteiger partial charge in [-0.2, -0.15) is 0 Å². The lowest BCUT2D eigenvalue weighted by atomic mass is 10.1. The average molecular weight is 371 g/mol. The van der Waals surface area contributed by atoms with E-state index >= 15 is 0 Å². The molecule has 0 bridgehead atoms. The molecular weight excluding hydrogens is 344 g/mol. The van der Waals surface area contributed by atoms with Crippen LogP contribution in [0.5, 0.6) is 0 Å². The maximum atomic E-state index is 12.0. The Labute approximate surface area is 155 Å². The molecule has 2 heterocycles. The molecule has 0 aromatic heterocycles. The van der Waals surface area contributed by atoms with Gasteiger partial charge >= 0.3 is 6.09 Å². The van der Waals surface area contributed by atoms with Gasteiger partial charge in [-0.15, -0.1) is 12.4 Å². The van der Waals surface area contributed by atoms with Gasteiger partial charge in [-0.1, -0.05) is 29.8 Å². The molecule has 1 aromatic carbocycles. The normalized spacial score (nSPS) is 21.5. The van der Waals surface area contributed by atoms with Crippen LogP contribution in [0.3, 0.4) is 0 Å². The Kier molecular flexibility index (Phi) is 7.96. The summed E-state index contributed by atoms with van der Waals surface area (Å²) in [5, 5.41) is 0. The Morgan fingerprint density at radius 3 is 2.60 bits per heavy atom. The van der Waals surface area contributed by atoms with Crippen molar-refractivity contribution in [1.29, 1.82) is 0 Å². The van der Waals surface area contributed by atoms with Crippen molar-refractivity contribution in [2.24, 2.45) is 0 Å². The molecule has 1 atom stereocenters. The van der Waals surface area contributed by atoms with E-state index in [1.165, 1.54) is 11.1 Å². The van der Waals surface area contributed by atoms with Crippen molar-refractivity contribution >= 4 is 18.5 Å². The molecule has 2 aliphatic heterocycles. The predicted molar refractivity (Wildman–Crippen MR) is 97.3 cm³/mol. The van der Waals surface area contributed by atoms with Crippen LogP contribution in [0, 0.1) is 6.92 Å². The van der Waals surface area contributed by atoms with Crippen LogP contribution in [0.25, 0.3) is 0 Å². The first-order valence-electron chi connectivity index (χ1n) is 8.62. The fourth-order valence-electron chi connectivity index (χ4n) is 2.99. The van der Waals surface area contributed by atoms with Gasteiger partial charge < -0.3 is 19.1 Å². The zero-order valence-corrected chi connectivity index (χ0v) is 15.5. The lowest BCUT2D eigenvalue weighted by molar-refractivity contribution is -0.0363. The van der Waals surface area contributed by atoms with E-state index in [0.717, 1.165) is 19.6 Å². The van der Waals surface area contributed by atoms with Crippen molar-refractivity contribution in [2.75, 3.05) is 59.2 Å². The van der Waals surface area contributed by atoms with E-state index in [-0.39, 0.29) is 24.6 Å². The highest BCUT2D eigenvalue weighted by atomic mass is 35.5. The van der Waals surface area contributed by atoms with Crippen LogP contribution < -0.4 is 0 Å². The van der Waals surface area contributed by atoms with Crippen LogP contribution in [0.2, 0.25) is 0 Å². The Bertz CT molecular complexity index is 534. The lowest BCUT2D eigenvalue weighted by Gasteiger charge is -2.33. The number of benzene rings is 1. The second-order valence-corrected chi connectivity index (χ2v) is 6.28. The van der Waals surface area contributed by atoms with Crippen molar-refractivity contribution < 1.29 is 19.0 Å². The maximum Gasteiger partial charge on any atom is 0.409 e. The molecule has 0 spiro atoms. The van der Waals surface area contributed by atoms with Crippen molar-refractivity contribution in [3.63, 3.8) is 0 Å². The van der Waals surface area contributed by atoms with Gasteiger partial charge in [0.1, 0.15) is 6.61 Å². The van der Waals surface area contributed by atoms with Gasteiger partial charge in [0.2, 0.25) is 0 Å². The fourth-order valence-corrected chi connectivity index (χ4v) is 2.99. The van der Waals surface area contributed by atoms with Crippen molar-refractivity contribution in [1.82, 2.24) is 9.80 Å². The number of carbonyl (C=O) groups is 1. The number of nitrogens with zero attached hydrogens (tertiary/aromatic N) is 2. The monoisotopic (exact) mass is 370 g/mol. The van der Waals surface area contributed by atoms with Crippen LogP contribution in [-0.2, 0) is 14.2 Å². The topological polar surface area (TPSA) is 51.2 Å². The molecule has 1 amide bonds. The minimum Gasteiger partial charge on any atom is -0.448 e. The van der Waals surface area contributed by atoms with E-state index in [2.05, 4.69) is 36.1 Å². The molecule has 0 N–H and O–H groups in total. The summed E-state index contributed by atoms with van der Waals surface area (Å²) in [5.41, 5.74) is 2.46. The molecule has 1 aromatic rings. The van der Waals surface area contributed by atoms with Gasteiger partial charge in [-0.05, 0) is 12.5 Å². The quantitative estimate of drug-likeness (QED) is 0.813. The van der Waals surface area contributed by atoms with Crippen LogP contribution in [0.15, 0.2) is 24.3 Å². The number of carbonyl (C=O) groups excluding carboxylic acids is 1.